The Bertz CT molecular complexity index is 1190. The number of aromatic nitrogens is 2. The van der Waals surface area contributed by atoms with Crippen LogP contribution < -0.4 is 25.3 Å². The number of para-hydroxylation sites is 1. The molecule has 2 saturated heterocycles. The van der Waals surface area contributed by atoms with E-state index in [0.717, 1.165) is 50.9 Å². The molecular formula is C30H39N7S. The molecule has 200 valence electrons. The average molecular weight is 530 g/mol. The second-order valence-corrected chi connectivity index (χ2v) is 11.2. The molecule has 2 fully saturated rings. The molecule has 3 aromatic rings. The van der Waals surface area contributed by atoms with Gasteiger partial charge in [0, 0.05) is 51.0 Å². The fraction of sp³-hybridized carbons (Fsp3) is 0.433. The first-order valence-corrected chi connectivity index (χ1v) is 14.2. The van der Waals surface area contributed by atoms with E-state index in [1.54, 1.807) is 0 Å². The number of hydrogen-bond donors (Lipinski definition) is 2. The van der Waals surface area contributed by atoms with Crippen molar-refractivity contribution >= 4 is 40.6 Å². The Kier molecular flexibility index (Phi) is 8.27. The summed E-state index contributed by atoms with van der Waals surface area (Å²) in [7, 11) is 0. The highest BCUT2D eigenvalue weighted by atomic mass is 32.1. The van der Waals surface area contributed by atoms with Crippen LogP contribution in [0.5, 0.6) is 0 Å². The highest BCUT2D eigenvalue weighted by Gasteiger charge is 2.26. The van der Waals surface area contributed by atoms with E-state index < -0.39 is 0 Å². The molecule has 7 nitrogen and oxygen atoms in total. The molecule has 0 saturated carbocycles. The number of nitrogens with zero attached hydrogens (tertiary/aromatic N) is 5. The number of piperazine rings is 1. The Morgan fingerprint density at radius 1 is 0.816 bits per heavy atom. The van der Waals surface area contributed by atoms with E-state index in [4.69, 9.17) is 22.2 Å². The third-order valence-corrected chi connectivity index (χ3v) is 7.71. The Balaban J connectivity index is 1.34. The normalized spacial score (nSPS) is 20.7. The quantitative estimate of drug-likeness (QED) is 0.416. The zero-order valence-corrected chi connectivity index (χ0v) is 23.5. The molecule has 3 atom stereocenters. The SMILES string of the molecule is C[C@@H]1C[C@H](C)CN(c2cc(N3CCN(c4ccccc4)CC3)nc(NC(=S)N[C@@H](C)c3ccccc3)n2)C1. The largest absolute Gasteiger partial charge is 0.368 e. The Labute approximate surface area is 232 Å². The Morgan fingerprint density at radius 2 is 1.37 bits per heavy atom. The second kappa shape index (κ2) is 12.0. The van der Waals surface area contributed by atoms with Gasteiger partial charge in [0.2, 0.25) is 5.95 Å². The van der Waals surface area contributed by atoms with Crippen LogP contribution in [0.3, 0.4) is 0 Å². The second-order valence-electron chi connectivity index (χ2n) is 10.8. The molecule has 0 aliphatic carbocycles. The van der Waals surface area contributed by atoms with Crippen molar-refractivity contribution in [3.05, 3.63) is 72.3 Å². The van der Waals surface area contributed by atoms with Crippen molar-refractivity contribution < 1.29 is 0 Å². The summed E-state index contributed by atoms with van der Waals surface area (Å²) in [6, 6.07) is 23.2. The minimum atomic E-state index is 0.0775. The van der Waals surface area contributed by atoms with Crippen LogP contribution in [0, 0.1) is 11.8 Å². The molecular weight excluding hydrogens is 490 g/mol. The standard InChI is InChI=1S/C30H39N7S/c1-22-18-23(2)21-37(20-22)28-19-27(36-16-14-35(15-17-36)26-12-8-5-9-13-26)32-29(33-28)34-30(38)31-24(3)25-10-6-4-7-11-25/h4-13,19,22-24H,14-18,20-21H2,1-3H3,(H2,31,32,33,34,38)/t22-,23+,24-/m0/s1. The van der Waals surface area contributed by atoms with Crippen molar-refractivity contribution in [3.8, 4) is 0 Å². The summed E-state index contributed by atoms with van der Waals surface area (Å²) in [4.78, 5) is 17.1. The average Bonchev–Trinajstić information content (AvgIpc) is 2.93. The topological polar surface area (TPSA) is 59.6 Å². The maximum atomic E-state index is 5.68. The van der Waals surface area contributed by atoms with Crippen molar-refractivity contribution in [2.45, 2.75) is 33.2 Å². The van der Waals surface area contributed by atoms with E-state index in [2.05, 4.69) is 94.6 Å². The van der Waals surface area contributed by atoms with Gasteiger partial charge in [-0.15, -0.1) is 0 Å². The predicted octanol–water partition coefficient (Wildman–Crippen LogP) is 5.33. The summed E-state index contributed by atoms with van der Waals surface area (Å²) in [5.74, 6) is 3.75. The zero-order chi connectivity index (χ0) is 26.5. The Hall–Kier alpha value is -3.39. The van der Waals surface area contributed by atoms with Gasteiger partial charge in [-0.05, 0) is 55.1 Å². The van der Waals surface area contributed by atoms with Gasteiger partial charge >= 0.3 is 0 Å². The van der Waals surface area contributed by atoms with Gasteiger partial charge in [-0.1, -0.05) is 62.4 Å². The lowest BCUT2D eigenvalue weighted by Gasteiger charge is -2.38. The van der Waals surface area contributed by atoms with Gasteiger partial charge in [0.25, 0.3) is 0 Å². The first-order chi connectivity index (χ1) is 18.4. The number of thiocarbonyl (C=S) groups is 1. The van der Waals surface area contributed by atoms with Gasteiger partial charge in [0.15, 0.2) is 5.11 Å². The van der Waals surface area contributed by atoms with Crippen LogP contribution in [-0.2, 0) is 0 Å². The smallest absolute Gasteiger partial charge is 0.232 e. The third-order valence-electron chi connectivity index (χ3n) is 7.49. The van der Waals surface area contributed by atoms with Crippen LogP contribution in [0.25, 0.3) is 0 Å². The lowest BCUT2D eigenvalue weighted by atomic mass is 9.92. The van der Waals surface area contributed by atoms with Crippen LogP contribution in [-0.4, -0.2) is 54.3 Å². The van der Waals surface area contributed by atoms with Gasteiger partial charge in [-0.2, -0.15) is 9.97 Å². The molecule has 1 aromatic heterocycles. The first kappa shape index (κ1) is 26.2. The molecule has 0 spiro atoms. The van der Waals surface area contributed by atoms with Crippen molar-refractivity contribution in [2.24, 2.45) is 11.8 Å². The molecule has 2 aromatic carbocycles. The number of piperidine rings is 1. The summed E-state index contributed by atoms with van der Waals surface area (Å²) in [6.45, 7) is 12.5. The van der Waals surface area contributed by atoms with Crippen LogP contribution in [0.4, 0.5) is 23.3 Å². The molecule has 0 amide bonds. The molecule has 0 radical (unpaired) electrons. The van der Waals surface area contributed by atoms with Crippen molar-refractivity contribution in [1.29, 1.82) is 0 Å². The maximum absolute atomic E-state index is 5.68. The van der Waals surface area contributed by atoms with Crippen LogP contribution in [0.1, 0.15) is 38.8 Å². The number of benzene rings is 2. The summed E-state index contributed by atoms with van der Waals surface area (Å²) in [5, 5.41) is 7.21. The zero-order valence-electron chi connectivity index (χ0n) is 22.7. The van der Waals surface area contributed by atoms with Crippen molar-refractivity contribution in [2.75, 3.05) is 59.3 Å². The monoisotopic (exact) mass is 529 g/mol. The molecule has 2 aliphatic rings. The minimum Gasteiger partial charge on any atom is -0.368 e. The fourth-order valence-electron chi connectivity index (χ4n) is 5.64. The number of anilines is 4. The summed E-state index contributed by atoms with van der Waals surface area (Å²) >= 11 is 5.68. The molecule has 2 aliphatic heterocycles. The number of rotatable bonds is 6. The third kappa shape index (κ3) is 6.54. The maximum Gasteiger partial charge on any atom is 0.232 e. The van der Waals surface area contributed by atoms with E-state index >= 15 is 0 Å². The molecule has 2 N–H and O–H groups in total. The van der Waals surface area contributed by atoms with Crippen LogP contribution >= 0.6 is 12.2 Å². The molecule has 0 bridgehead atoms. The van der Waals surface area contributed by atoms with Crippen molar-refractivity contribution in [1.82, 2.24) is 15.3 Å². The van der Waals surface area contributed by atoms with E-state index in [9.17, 15) is 0 Å². The van der Waals surface area contributed by atoms with Crippen LogP contribution in [0.2, 0.25) is 0 Å². The summed E-state index contributed by atoms with van der Waals surface area (Å²) in [5.41, 5.74) is 2.46. The van der Waals surface area contributed by atoms with Gasteiger partial charge in [-0.25, -0.2) is 0 Å². The van der Waals surface area contributed by atoms with Gasteiger partial charge < -0.3 is 25.3 Å². The lowest BCUT2D eigenvalue weighted by Crippen LogP contribution is -2.47. The fourth-order valence-corrected chi connectivity index (χ4v) is 5.91. The molecule has 3 heterocycles. The minimum absolute atomic E-state index is 0.0775. The van der Waals surface area contributed by atoms with Crippen LogP contribution in [0.15, 0.2) is 66.7 Å². The Morgan fingerprint density at radius 3 is 2.00 bits per heavy atom. The van der Waals surface area contributed by atoms with E-state index in [1.807, 2.05) is 18.2 Å². The molecule has 38 heavy (non-hydrogen) atoms. The van der Waals surface area contributed by atoms with Gasteiger partial charge in [0.05, 0.1) is 6.04 Å². The number of hydrogen-bond acceptors (Lipinski definition) is 6. The molecule has 0 unspecified atom stereocenters. The van der Waals surface area contributed by atoms with Crippen molar-refractivity contribution in [3.63, 3.8) is 0 Å². The summed E-state index contributed by atoms with van der Waals surface area (Å²) in [6.07, 6.45) is 1.26. The van der Waals surface area contributed by atoms with Gasteiger partial charge in [0.1, 0.15) is 11.6 Å². The molecule has 8 heteroatoms. The summed E-state index contributed by atoms with van der Waals surface area (Å²) < 4.78 is 0. The predicted molar refractivity (Wildman–Crippen MR) is 162 cm³/mol. The highest BCUT2D eigenvalue weighted by molar-refractivity contribution is 7.80. The molecule has 5 rings (SSSR count). The number of nitrogens with one attached hydrogen (secondary N) is 2. The lowest BCUT2D eigenvalue weighted by molar-refractivity contribution is 0.355. The van der Waals surface area contributed by atoms with E-state index in [1.165, 1.54) is 17.7 Å². The highest BCUT2D eigenvalue weighted by Crippen LogP contribution is 2.29. The first-order valence-electron chi connectivity index (χ1n) is 13.8. The van der Waals surface area contributed by atoms with E-state index in [-0.39, 0.29) is 6.04 Å². The van der Waals surface area contributed by atoms with E-state index in [0.29, 0.717) is 22.9 Å². The van der Waals surface area contributed by atoms with Gasteiger partial charge in [-0.3, -0.25) is 0 Å².